The number of aromatic nitrogens is 4. The number of aromatic amines is 1. The van der Waals surface area contributed by atoms with Crippen molar-refractivity contribution in [2.24, 2.45) is 0 Å². The zero-order chi connectivity index (χ0) is 62.8. The molecular weight excluding hydrogens is 1260 g/mol. The van der Waals surface area contributed by atoms with E-state index in [1.54, 1.807) is 50.4 Å². The summed E-state index contributed by atoms with van der Waals surface area (Å²) < 4.78 is 115. The van der Waals surface area contributed by atoms with Gasteiger partial charge in [0, 0.05) is 62.3 Å². The highest BCUT2D eigenvalue weighted by Crippen LogP contribution is 2.36. The van der Waals surface area contributed by atoms with E-state index in [2.05, 4.69) is 24.4 Å². The Morgan fingerprint density at radius 2 is 0.898 bits per heavy atom. The van der Waals surface area contributed by atoms with Crippen LogP contribution in [0.1, 0.15) is 68.9 Å². The summed E-state index contributed by atoms with van der Waals surface area (Å²) in [5.74, 6) is -8.42. The van der Waals surface area contributed by atoms with Gasteiger partial charge in [0.25, 0.3) is 5.91 Å². The van der Waals surface area contributed by atoms with Gasteiger partial charge >= 0.3 is 0 Å². The Morgan fingerprint density at radius 3 is 1.34 bits per heavy atom. The van der Waals surface area contributed by atoms with Crippen LogP contribution in [0.3, 0.4) is 0 Å². The monoisotopic (exact) mass is 1300 g/mol. The fourth-order valence-corrected chi connectivity index (χ4v) is 12.8. The number of pyridine rings is 2. The normalized spacial score (nSPS) is 11.6. The van der Waals surface area contributed by atoms with E-state index in [4.69, 9.17) is 46.4 Å². The summed E-state index contributed by atoms with van der Waals surface area (Å²) in [5, 5.41) is 1.79. The first-order chi connectivity index (χ1) is 42.0. The van der Waals surface area contributed by atoms with Crippen molar-refractivity contribution in [1.29, 1.82) is 0 Å². The average Bonchev–Trinajstić information content (AvgIpc) is 1.79. The molecule has 0 saturated carbocycles. The second-order valence-corrected chi connectivity index (χ2v) is 25.3. The second-order valence-electron chi connectivity index (χ2n) is 20.0. The molecule has 88 heavy (non-hydrogen) atoms. The minimum absolute atomic E-state index is 0.00324. The first kappa shape index (κ1) is 62.4. The summed E-state index contributed by atoms with van der Waals surface area (Å²) >= 11 is 24.7. The van der Waals surface area contributed by atoms with Crippen molar-refractivity contribution in [2.75, 3.05) is 20.9 Å². The number of ketones is 2. The Morgan fingerprint density at radius 1 is 0.500 bits per heavy atom. The third-order valence-electron chi connectivity index (χ3n) is 14.0. The van der Waals surface area contributed by atoms with E-state index in [0.29, 0.717) is 44.2 Å². The molecule has 0 atom stereocenters. The topological polar surface area (TPSA) is 190 Å². The molecule has 23 heteroatoms. The number of fused-ring (bicyclic) bond motifs is 2. The van der Waals surface area contributed by atoms with Crippen LogP contribution in [-0.2, 0) is 20.0 Å². The Labute approximate surface area is 522 Å². The smallest absolute Gasteiger partial charge is 0.266 e. The number of carbonyl (C=O) groups is 3. The van der Waals surface area contributed by atoms with Gasteiger partial charge in [0.1, 0.15) is 22.9 Å². The van der Waals surface area contributed by atoms with Crippen molar-refractivity contribution >= 4 is 117 Å². The van der Waals surface area contributed by atoms with E-state index in [1.807, 2.05) is 84.9 Å². The third-order valence-corrected chi connectivity index (χ3v) is 18.1. The largest absolute Gasteiger partial charge is 0.345 e. The Balaban J connectivity index is 0.000000199. The molecule has 4 heterocycles. The Bertz CT molecular complexity index is 4760. The maximum absolute atomic E-state index is 15.8. The summed E-state index contributed by atoms with van der Waals surface area (Å²) in [4.78, 5) is 53.0. The molecule has 0 fully saturated rings. The highest BCUT2D eigenvalue weighted by molar-refractivity contribution is 7.92. The van der Waals surface area contributed by atoms with Gasteiger partial charge in [-0.3, -0.25) is 28.4 Å². The predicted molar refractivity (Wildman–Crippen MR) is 339 cm³/mol. The zero-order valence-electron chi connectivity index (χ0n) is 46.1. The molecule has 0 radical (unpaired) electrons. The van der Waals surface area contributed by atoms with E-state index >= 15 is 13.2 Å². The number of sulfonamides is 2. The molecule has 0 spiro atoms. The maximum atomic E-state index is 15.8. The van der Waals surface area contributed by atoms with Crippen LogP contribution in [-0.4, -0.2) is 65.3 Å². The van der Waals surface area contributed by atoms with Gasteiger partial charge in [-0.05, 0) is 119 Å². The Kier molecular flexibility index (Phi) is 18.4. The number of rotatable bonds is 17. The second kappa shape index (κ2) is 25.9. The van der Waals surface area contributed by atoms with Crippen LogP contribution < -0.4 is 9.44 Å². The number of hydrogen-bond acceptors (Lipinski definition) is 9. The number of benzene rings is 7. The lowest BCUT2D eigenvalue weighted by atomic mass is 9.98. The number of halogens is 8. The van der Waals surface area contributed by atoms with Crippen molar-refractivity contribution in [3.05, 3.63) is 248 Å². The first-order valence-corrected chi connectivity index (χ1v) is 31.6. The van der Waals surface area contributed by atoms with E-state index in [9.17, 15) is 35.6 Å². The molecule has 0 aliphatic carbocycles. The van der Waals surface area contributed by atoms with Crippen LogP contribution in [0.25, 0.3) is 66.6 Å². The van der Waals surface area contributed by atoms with Crippen molar-refractivity contribution in [3.8, 4) is 44.5 Å². The van der Waals surface area contributed by atoms with Crippen LogP contribution in [0.2, 0.25) is 20.1 Å². The fraction of sp³-hybridized carbons (Fsp3) is 0.0923. The first-order valence-electron chi connectivity index (χ1n) is 26.8. The molecule has 446 valence electrons. The summed E-state index contributed by atoms with van der Waals surface area (Å²) in [6.07, 6.45) is 6.12. The van der Waals surface area contributed by atoms with Crippen LogP contribution in [0.4, 0.5) is 28.9 Å². The van der Waals surface area contributed by atoms with Gasteiger partial charge in [-0.1, -0.05) is 139 Å². The Hall–Kier alpha value is -8.69. The molecule has 7 aromatic carbocycles. The molecule has 3 N–H and O–H groups in total. The van der Waals surface area contributed by atoms with Gasteiger partial charge in [-0.15, -0.1) is 0 Å². The lowest BCUT2D eigenvalue weighted by Crippen LogP contribution is -2.18. The van der Waals surface area contributed by atoms with Gasteiger partial charge in [0.15, 0.2) is 11.6 Å². The van der Waals surface area contributed by atoms with Crippen molar-refractivity contribution in [3.63, 3.8) is 0 Å². The summed E-state index contributed by atoms with van der Waals surface area (Å²) in [6.45, 7) is 3.28. The minimum Gasteiger partial charge on any atom is -0.345 e. The third kappa shape index (κ3) is 13.3. The zero-order valence-corrected chi connectivity index (χ0v) is 50.8. The van der Waals surface area contributed by atoms with Crippen molar-refractivity contribution < 1.29 is 48.8 Å². The predicted octanol–water partition coefficient (Wildman–Crippen LogP) is 16.9. The molecule has 11 rings (SSSR count). The SMILES string of the molecule is CCCS(=O)(=O)Nc1ccc(F)c(C(=O)c2c[nH]c3ncc(-c4ccc(-c5ccc(Cl)cc5)cc4)cc23)c1F.CCCS(=O)(=O)Nc1ccc(F)c(C(=O)c2cn(C(=O)c3c(Cl)cccc3Cl)c3ncc(-c4ccc(-c5ccc(Cl)cc5)cc4)cc23)c1F. The number of nitrogens with one attached hydrogen (secondary N) is 3. The summed E-state index contributed by atoms with van der Waals surface area (Å²) in [5.41, 5.74) is 3.64. The number of anilines is 2. The molecule has 0 saturated heterocycles. The van der Waals surface area contributed by atoms with E-state index < -0.39 is 83.3 Å². The molecule has 4 aromatic heterocycles. The summed E-state index contributed by atoms with van der Waals surface area (Å²) in [6, 6.07) is 41.3. The number of H-pyrrole nitrogens is 1. The van der Waals surface area contributed by atoms with Crippen LogP contribution in [0, 0.1) is 23.3 Å². The molecule has 13 nitrogen and oxygen atoms in total. The highest BCUT2D eigenvalue weighted by Gasteiger charge is 2.30. The standard InChI is InChI=1S/C36H24Cl3F2N3O4S.C29H22ClF2N3O3S/c1-2-16-49(47,48)43-30-15-14-29(40)32(33(30)41)34(45)26-19-44(36(46)31-27(38)4-3-5-28(31)39)35-25(26)17-23(18-42-35)22-8-6-20(7-9-22)21-10-12-24(37)13-11-21;1-2-13-39(37,38)35-25-12-11-24(31)26(27(25)32)28(36)23-16-34-29-22(23)14-20(15-33-29)19-5-3-17(4-6-19)18-7-9-21(30)10-8-18/h3-15,17-19,43H,2,16H2,1H3;3-12,14-16,35H,2,13H2,1H3,(H,33,34). The molecule has 11 aromatic rings. The maximum Gasteiger partial charge on any atom is 0.266 e. The average molecular weight is 1310 g/mol. The molecule has 0 unspecified atom stereocenters. The number of hydrogen-bond donors (Lipinski definition) is 3. The lowest BCUT2D eigenvalue weighted by Gasteiger charge is -2.11. The molecule has 0 aliphatic heterocycles. The fourth-order valence-electron chi connectivity index (χ4n) is 9.69. The van der Waals surface area contributed by atoms with Gasteiger partial charge in [0.05, 0.1) is 55.2 Å². The highest BCUT2D eigenvalue weighted by atomic mass is 35.5. The van der Waals surface area contributed by atoms with E-state index in [-0.39, 0.29) is 55.7 Å². The van der Waals surface area contributed by atoms with Gasteiger partial charge in [-0.25, -0.2) is 44.4 Å². The van der Waals surface area contributed by atoms with Crippen LogP contribution >= 0.6 is 46.4 Å². The van der Waals surface area contributed by atoms with Crippen LogP contribution in [0.5, 0.6) is 0 Å². The molecule has 0 amide bonds. The van der Waals surface area contributed by atoms with E-state index in [1.165, 1.54) is 24.5 Å². The van der Waals surface area contributed by atoms with E-state index in [0.717, 1.165) is 62.8 Å². The van der Waals surface area contributed by atoms with Gasteiger partial charge < -0.3 is 4.98 Å². The van der Waals surface area contributed by atoms with Gasteiger partial charge in [-0.2, -0.15) is 0 Å². The van der Waals surface area contributed by atoms with Crippen molar-refractivity contribution in [2.45, 2.75) is 26.7 Å². The minimum atomic E-state index is -3.98. The molecular formula is C65H46Cl4F4N6O7S2. The van der Waals surface area contributed by atoms with Crippen LogP contribution in [0.15, 0.2) is 176 Å². The van der Waals surface area contributed by atoms with Crippen molar-refractivity contribution in [1.82, 2.24) is 19.5 Å². The molecule has 0 bridgehead atoms. The van der Waals surface area contributed by atoms with Gasteiger partial charge in [0.2, 0.25) is 31.6 Å². The number of nitrogens with zero attached hydrogens (tertiary/aromatic N) is 3. The quantitative estimate of drug-likeness (QED) is 0.0588. The molecule has 0 aliphatic rings. The lowest BCUT2D eigenvalue weighted by molar-refractivity contribution is 0.0963. The number of carbonyl (C=O) groups excluding carboxylic acids is 3. The summed E-state index contributed by atoms with van der Waals surface area (Å²) in [7, 11) is -7.84.